The number of aryl methyl sites for hydroxylation is 2. The molecule has 1 fully saturated rings. The lowest BCUT2D eigenvalue weighted by atomic mass is 9.96. The second-order valence-corrected chi connectivity index (χ2v) is 15.9. The van der Waals surface area contributed by atoms with Crippen molar-refractivity contribution in [2.45, 2.75) is 65.0 Å². The average Bonchev–Trinajstić information content (AvgIpc) is 3.81. The molecule has 5 heterocycles. The molecular weight excluding hydrogens is 773 g/mol. The summed E-state index contributed by atoms with van der Waals surface area (Å²) in [6.07, 6.45) is 3.59. The Morgan fingerprint density at radius 3 is 2.45 bits per heavy atom. The van der Waals surface area contributed by atoms with Crippen molar-refractivity contribution in [3.05, 3.63) is 97.9 Å². The summed E-state index contributed by atoms with van der Waals surface area (Å²) in [5.74, 6) is 1.49. The standard InChI is InChI=1S/C40H39Cl2N9O4S/c1-21-22(2)56-39-34(21)36(25-7-11-26(41)12-8-25)45-31(38-50-49-23(3)51(38)39)20-33(53)43-16-15-32(52)44-17-18-54-27-13-9-24(10-14-27)35-29(42)19-30-37(47-35)48-40(46-30)55-28-5-4-6-28/h7-14,19,28,31H,4-6,15-18,20H2,1-3H3,(H,43,53)(H,44,52)(H,46,47,48)/t31-/m0/s1. The van der Waals surface area contributed by atoms with E-state index in [-0.39, 0.29) is 43.9 Å². The van der Waals surface area contributed by atoms with E-state index in [1.807, 2.05) is 60.0 Å². The van der Waals surface area contributed by atoms with Gasteiger partial charge in [0.05, 0.1) is 34.9 Å². The van der Waals surface area contributed by atoms with E-state index in [9.17, 15) is 9.59 Å². The highest BCUT2D eigenvalue weighted by molar-refractivity contribution is 7.15. The molecule has 8 rings (SSSR count). The quantitative estimate of drug-likeness (QED) is 0.102. The third kappa shape index (κ3) is 7.86. The molecule has 6 aromatic rings. The van der Waals surface area contributed by atoms with Gasteiger partial charge >= 0.3 is 0 Å². The lowest BCUT2D eigenvalue weighted by Crippen LogP contribution is -2.33. The first kappa shape index (κ1) is 37.6. The number of pyridine rings is 1. The number of imidazole rings is 1. The summed E-state index contributed by atoms with van der Waals surface area (Å²) in [6, 6.07) is 16.6. The van der Waals surface area contributed by atoms with Crippen LogP contribution in [0, 0.1) is 20.8 Å². The van der Waals surface area contributed by atoms with E-state index >= 15 is 0 Å². The van der Waals surface area contributed by atoms with Gasteiger partial charge in [0.15, 0.2) is 11.5 Å². The molecule has 2 amide bonds. The van der Waals surface area contributed by atoms with Crippen molar-refractivity contribution in [2.75, 3.05) is 19.7 Å². The number of ether oxygens (including phenoxy) is 2. The summed E-state index contributed by atoms with van der Waals surface area (Å²) in [5, 5.41) is 16.6. The molecule has 3 N–H and O–H groups in total. The Labute approximate surface area is 336 Å². The summed E-state index contributed by atoms with van der Waals surface area (Å²) in [6.45, 7) is 6.79. The number of carbonyl (C=O) groups is 2. The summed E-state index contributed by atoms with van der Waals surface area (Å²) in [4.78, 5) is 44.5. The van der Waals surface area contributed by atoms with Gasteiger partial charge < -0.3 is 25.1 Å². The number of amides is 2. The molecule has 0 spiro atoms. The topological polar surface area (TPSA) is 161 Å². The van der Waals surface area contributed by atoms with Crippen LogP contribution in [0.2, 0.25) is 10.0 Å². The molecule has 1 aliphatic carbocycles. The minimum atomic E-state index is -0.598. The molecule has 4 aromatic heterocycles. The number of H-pyrrole nitrogens is 1. The average molecular weight is 813 g/mol. The lowest BCUT2D eigenvalue weighted by molar-refractivity contribution is -0.122. The Morgan fingerprint density at radius 2 is 1.70 bits per heavy atom. The van der Waals surface area contributed by atoms with E-state index < -0.39 is 6.04 Å². The number of aliphatic imine (C=N–C) groups is 1. The second-order valence-electron chi connectivity index (χ2n) is 13.8. The summed E-state index contributed by atoms with van der Waals surface area (Å²) >= 11 is 14.4. The summed E-state index contributed by atoms with van der Waals surface area (Å²) in [5.41, 5.74) is 6.45. The van der Waals surface area contributed by atoms with Crippen molar-refractivity contribution < 1.29 is 19.1 Å². The molecule has 0 unspecified atom stereocenters. The Bertz CT molecular complexity index is 2450. The normalized spacial score (nSPS) is 15.0. The summed E-state index contributed by atoms with van der Waals surface area (Å²) in [7, 11) is 0. The number of rotatable bonds is 13. The number of thiophene rings is 1. The first-order valence-corrected chi connectivity index (χ1v) is 20.0. The van der Waals surface area contributed by atoms with Crippen molar-refractivity contribution in [1.29, 1.82) is 0 Å². The number of carbonyl (C=O) groups excluding carboxylic acids is 2. The van der Waals surface area contributed by atoms with Crippen LogP contribution in [-0.4, -0.2) is 73.0 Å². The lowest BCUT2D eigenvalue weighted by Gasteiger charge is -2.24. The third-order valence-electron chi connectivity index (χ3n) is 9.97. The molecule has 2 aliphatic rings. The zero-order valence-electron chi connectivity index (χ0n) is 31.0. The number of fused-ring (bicyclic) bond motifs is 4. The molecule has 0 saturated heterocycles. The van der Waals surface area contributed by atoms with E-state index in [4.69, 9.17) is 37.7 Å². The Balaban J connectivity index is 0.823. The summed E-state index contributed by atoms with van der Waals surface area (Å²) < 4.78 is 13.7. The maximum Gasteiger partial charge on any atom is 0.296 e. The van der Waals surface area contributed by atoms with Crippen LogP contribution in [0.1, 0.15) is 71.4 Å². The fourth-order valence-corrected chi connectivity index (χ4v) is 8.25. The van der Waals surface area contributed by atoms with Gasteiger partial charge in [0.1, 0.15) is 35.3 Å². The monoisotopic (exact) mass is 811 g/mol. The molecule has 1 atom stereocenters. The Morgan fingerprint density at radius 1 is 0.946 bits per heavy atom. The van der Waals surface area contributed by atoms with Crippen LogP contribution in [0.3, 0.4) is 0 Å². The van der Waals surface area contributed by atoms with E-state index in [0.29, 0.717) is 51.3 Å². The highest BCUT2D eigenvalue weighted by Gasteiger charge is 2.32. The molecule has 1 saturated carbocycles. The molecule has 13 nitrogen and oxygen atoms in total. The smallest absolute Gasteiger partial charge is 0.296 e. The number of hydrogen-bond acceptors (Lipinski definition) is 10. The number of nitrogens with zero attached hydrogens (tertiary/aromatic N) is 6. The largest absolute Gasteiger partial charge is 0.492 e. The molecule has 0 bridgehead atoms. The molecule has 288 valence electrons. The van der Waals surface area contributed by atoms with E-state index in [1.54, 1.807) is 17.4 Å². The van der Waals surface area contributed by atoms with Gasteiger partial charge in [-0.05, 0) is 88.1 Å². The zero-order valence-corrected chi connectivity index (χ0v) is 33.3. The van der Waals surface area contributed by atoms with E-state index in [2.05, 4.69) is 49.6 Å². The maximum absolute atomic E-state index is 13.3. The van der Waals surface area contributed by atoms with Gasteiger partial charge in [0.2, 0.25) is 11.8 Å². The van der Waals surface area contributed by atoms with Crippen LogP contribution < -0.4 is 20.1 Å². The van der Waals surface area contributed by atoms with Gasteiger partial charge in [-0.1, -0.05) is 35.3 Å². The van der Waals surface area contributed by atoms with Crippen LogP contribution in [0.5, 0.6) is 11.8 Å². The van der Waals surface area contributed by atoms with Crippen molar-refractivity contribution in [3.8, 4) is 28.0 Å². The third-order valence-corrected chi connectivity index (χ3v) is 11.7. The fraction of sp³-hybridized carbons (Fsp3) is 0.325. The Kier molecular flexibility index (Phi) is 10.8. The van der Waals surface area contributed by atoms with Crippen LogP contribution in [0.25, 0.3) is 27.4 Å². The predicted octanol–water partition coefficient (Wildman–Crippen LogP) is 7.41. The van der Waals surface area contributed by atoms with Gasteiger partial charge in [-0.2, -0.15) is 4.98 Å². The predicted molar refractivity (Wildman–Crippen MR) is 217 cm³/mol. The number of aromatic amines is 1. The minimum absolute atomic E-state index is 0.0343. The maximum atomic E-state index is 13.3. The number of halogens is 2. The van der Waals surface area contributed by atoms with Crippen LogP contribution in [-0.2, 0) is 9.59 Å². The second kappa shape index (κ2) is 16.0. The molecular formula is C40H39Cl2N9O4S. The van der Waals surface area contributed by atoms with E-state index in [0.717, 1.165) is 51.3 Å². The SMILES string of the molecule is Cc1sc2c(c1C)C(c1ccc(Cl)cc1)=N[C@@H](CC(=O)NCCC(=O)NCCOc1ccc(-c3nc4nc(OC5CCC5)[nH]c4cc3Cl)cc1)c1nnc(C)n1-2. The first-order valence-electron chi connectivity index (χ1n) is 18.5. The fourth-order valence-electron chi connectivity index (χ4n) is 6.65. The van der Waals surface area contributed by atoms with Gasteiger partial charge in [-0.3, -0.25) is 19.1 Å². The molecule has 1 aliphatic heterocycles. The molecule has 2 aromatic carbocycles. The number of nitrogens with one attached hydrogen (secondary N) is 3. The molecule has 0 radical (unpaired) electrons. The van der Waals surface area contributed by atoms with Crippen molar-refractivity contribution in [1.82, 2.24) is 40.3 Å². The number of aromatic nitrogens is 6. The molecule has 56 heavy (non-hydrogen) atoms. The first-order chi connectivity index (χ1) is 27.1. The highest BCUT2D eigenvalue weighted by atomic mass is 35.5. The van der Waals surface area contributed by atoms with Crippen LogP contribution in [0.4, 0.5) is 0 Å². The van der Waals surface area contributed by atoms with Crippen molar-refractivity contribution >= 4 is 63.2 Å². The van der Waals surface area contributed by atoms with Crippen molar-refractivity contribution in [2.24, 2.45) is 4.99 Å². The van der Waals surface area contributed by atoms with Gasteiger partial charge in [-0.25, -0.2) is 4.98 Å². The van der Waals surface area contributed by atoms with Crippen molar-refractivity contribution in [3.63, 3.8) is 0 Å². The number of benzene rings is 2. The van der Waals surface area contributed by atoms with E-state index in [1.165, 1.54) is 11.3 Å². The van der Waals surface area contributed by atoms with Gasteiger partial charge in [0.25, 0.3) is 6.01 Å². The van der Waals surface area contributed by atoms with Crippen LogP contribution >= 0.6 is 34.5 Å². The minimum Gasteiger partial charge on any atom is -0.492 e. The Hall–Kier alpha value is -5.31. The zero-order chi connectivity index (χ0) is 38.9. The highest BCUT2D eigenvalue weighted by Crippen LogP contribution is 2.40. The van der Waals surface area contributed by atoms with Gasteiger partial charge in [-0.15, -0.1) is 21.5 Å². The van der Waals surface area contributed by atoms with Gasteiger partial charge in [0, 0.05) is 39.6 Å². The molecule has 16 heteroatoms. The number of hydrogen-bond donors (Lipinski definition) is 3. The van der Waals surface area contributed by atoms with Crippen LogP contribution in [0.15, 0.2) is 59.6 Å².